The molecule has 2 aromatic rings. The SMILES string of the molecule is O=C(c1cc(F)c(Cl)cc1F)c1cc(Cl)c(Br)cc1F. The first-order valence-corrected chi connectivity index (χ1v) is 6.70. The van der Waals surface area contributed by atoms with Gasteiger partial charge in [-0.1, -0.05) is 23.2 Å². The minimum atomic E-state index is -1.04. The van der Waals surface area contributed by atoms with Crippen molar-refractivity contribution in [2.45, 2.75) is 0 Å². The summed E-state index contributed by atoms with van der Waals surface area (Å²) in [5, 5.41) is -0.391. The molecular weight excluding hydrogens is 380 g/mol. The molecule has 0 bridgehead atoms. The quantitative estimate of drug-likeness (QED) is 0.501. The van der Waals surface area contributed by atoms with Crippen LogP contribution in [-0.4, -0.2) is 5.78 Å². The topological polar surface area (TPSA) is 17.1 Å². The molecule has 2 aromatic carbocycles. The van der Waals surface area contributed by atoms with Crippen LogP contribution in [0.2, 0.25) is 10.0 Å². The van der Waals surface area contributed by atoms with Gasteiger partial charge in [-0.15, -0.1) is 0 Å². The fraction of sp³-hybridized carbons (Fsp3) is 0. The Morgan fingerprint density at radius 1 is 0.850 bits per heavy atom. The summed E-state index contributed by atoms with van der Waals surface area (Å²) in [5.41, 5.74) is -1.08. The number of rotatable bonds is 2. The fourth-order valence-electron chi connectivity index (χ4n) is 1.54. The van der Waals surface area contributed by atoms with Crippen LogP contribution in [0, 0.1) is 17.5 Å². The average molecular weight is 384 g/mol. The maximum Gasteiger partial charge on any atom is 0.199 e. The van der Waals surface area contributed by atoms with Gasteiger partial charge in [0, 0.05) is 4.47 Å². The van der Waals surface area contributed by atoms with Crippen molar-refractivity contribution in [3.8, 4) is 0 Å². The molecule has 0 heterocycles. The summed E-state index contributed by atoms with van der Waals surface area (Å²) >= 11 is 14.1. The number of halogens is 6. The van der Waals surface area contributed by atoms with E-state index >= 15 is 0 Å². The smallest absolute Gasteiger partial charge is 0.199 e. The lowest BCUT2D eigenvalue weighted by Crippen LogP contribution is -2.08. The molecule has 0 spiro atoms. The first-order chi connectivity index (χ1) is 9.31. The van der Waals surface area contributed by atoms with Crippen molar-refractivity contribution < 1.29 is 18.0 Å². The molecule has 0 fully saturated rings. The van der Waals surface area contributed by atoms with Gasteiger partial charge in [-0.2, -0.15) is 0 Å². The van der Waals surface area contributed by atoms with E-state index in [2.05, 4.69) is 15.9 Å². The van der Waals surface area contributed by atoms with Crippen LogP contribution < -0.4 is 0 Å². The molecule has 0 saturated heterocycles. The first-order valence-electron chi connectivity index (χ1n) is 5.15. The van der Waals surface area contributed by atoms with Gasteiger partial charge in [0.1, 0.15) is 17.5 Å². The van der Waals surface area contributed by atoms with E-state index in [1.54, 1.807) is 0 Å². The monoisotopic (exact) mass is 382 g/mol. The van der Waals surface area contributed by atoms with Crippen molar-refractivity contribution in [3.63, 3.8) is 0 Å². The molecule has 0 amide bonds. The maximum atomic E-state index is 13.7. The molecule has 7 heteroatoms. The zero-order valence-electron chi connectivity index (χ0n) is 9.49. The summed E-state index contributed by atoms with van der Waals surface area (Å²) in [5.74, 6) is -3.94. The Kier molecular flexibility index (Phi) is 4.42. The Balaban J connectivity index is 2.57. The number of carbonyl (C=O) groups is 1. The fourth-order valence-corrected chi connectivity index (χ4v) is 2.17. The largest absolute Gasteiger partial charge is 0.288 e. The van der Waals surface area contributed by atoms with E-state index < -0.39 is 39.4 Å². The van der Waals surface area contributed by atoms with Gasteiger partial charge < -0.3 is 0 Å². The predicted octanol–water partition coefficient (Wildman–Crippen LogP) is 5.40. The molecule has 1 nitrogen and oxygen atoms in total. The lowest BCUT2D eigenvalue weighted by molar-refractivity contribution is 0.103. The zero-order chi connectivity index (χ0) is 15.0. The maximum absolute atomic E-state index is 13.7. The van der Waals surface area contributed by atoms with Crippen molar-refractivity contribution in [2.24, 2.45) is 0 Å². The molecular formula is C13H4BrCl2F3O. The minimum Gasteiger partial charge on any atom is -0.288 e. The molecule has 0 unspecified atom stereocenters. The number of ketones is 1. The summed E-state index contributed by atoms with van der Waals surface area (Å²) in [6, 6.07) is 3.28. The number of hydrogen-bond donors (Lipinski definition) is 0. The predicted molar refractivity (Wildman–Crippen MR) is 73.9 cm³/mol. The molecule has 0 N–H and O–H groups in total. The normalized spacial score (nSPS) is 10.7. The van der Waals surface area contributed by atoms with Crippen LogP contribution in [0.4, 0.5) is 13.2 Å². The second-order valence-corrected chi connectivity index (χ2v) is 5.49. The van der Waals surface area contributed by atoms with Gasteiger partial charge in [0.05, 0.1) is 21.2 Å². The average Bonchev–Trinajstić information content (AvgIpc) is 2.37. The van der Waals surface area contributed by atoms with Gasteiger partial charge in [0.25, 0.3) is 0 Å². The molecule has 20 heavy (non-hydrogen) atoms. The molecule has 0 aliphatic heterocycles. The van der Waals surface area contributed by atoms with Crippen LogP contribution in [0.15, 0.2) is 28.7 Å². The highest BCUT2D eigenvalue weighted by atomic mass is 79.9. The van der Waals surface area contributed by atoms with E-state index in [0.29, 0.717) is 12.1 Å². The van der Waals surface area contributed by atoms with Crippen molar-refractivity contribution in [3.05, 3.63) is 67.4 Å². The molecule has 0 aromatic heterocycles. The van der Waals surface area contributed by atoms with E-state index in [9.17, 15) is 18.0 Å². The van der Waals surface area contributed by atoms with Crippen molar-refractivity contribution in [1.29, 1.82) is 0 Å². The standard InChI is InChI=1S/C13H4BrCl2F3O/c14-7-3-10(17)5(1-8(7)15)13(20)6-2-12(19)9(16)4-11(6)18/h1-4H. The summed E-state index contributed by atoms with van der Waals surface area (Å²) in [6.45, 7) is 0. The van der Waals surface area contributed by atoms with Gasteiger partial charge in [-0.05, 0) is 40.2 Å². The summed E-state index contributed by atoms with van der Waals surface area (Å²) in [6.07, 6.45) is 0. The van der Waals surface area contributed by atoms with Crippen LogP contribution in [0.3, 0.4) is 0 Å². The van der Waals surface area contributed by atoms with E-state index in [4.69, 9.17) is 23.2 Å². The number of hydrogen-bond acceptors (Lipinski definition) is 1. The van der Waals surface area contributed by atoms with Crippen molar-refractivity contribution in [2.75, 3.05) is 0 Å². The Morgan fingerprint density at radius 2 is 1.40 bits per heavy atom. The second-order valence-electron chi connectivity index (χ2n) is 3.82. The van der Waals surface area contributed by atoms with E-state index in [-0.39, 0.29) is 9.50 Å². The molecule has 0 atom stereocenters. The Bertz CT molecular complexity index is 660. The number of carbonyl (C=O) groups excluding carboxylic acids is 1. The molecule has 0 aliphatic carbocycles. The van der Waals surface area contributed by atoms with Gasteiger partial charge >= 0.3 is 0 Å². The second kappa shape index (κ2) is 5.76. The van der Waals surface area contributed by atoms with Crippen LogP contribution >= 0.6 is 39.1 Å². The highest BCUT2D eigenvalue weighted by molar-refractivity contribution is 9.10. The Morgan fingerprint density at radius 3 is 2.05 bits per heavy atom. The molecule has 0 radical (unpaired) electrons. The molecule has 0 saturated carbocycles. The van der Waals surface area contributed by atoms with E-state index in [0.717, 1.165) is 12.1 Å². The van der Waals surface area contributed by atoms with Gasteiger partial charge in [-0.25, -0.2) is 13.2 Å². The van der Waals surface area contributed by atoms with Crippen molar-refractivity contribution in [1.82, 2.24) is 0 Å². The third kappa shape index (κ3) is 2.85. The summed E-state index contributed by atoms with van der Waals surface area (Å²) < 4.78 is 40.9. The summed E-state index contributed by atoms with van der Waals surface area (Å²) in [7, 11) is 0. The highest BCUT2D eigenvalue weighted by Gasteiger charge is 2.21. The van der Waals surface area contributed by atoms with Crippen LogP contribution in [-0.2, 0) is 0 Å². The third-order valence-electron chi connectivity index (χ3n) is 2.51. The highest BCUT2D eigenvalue weighted by Crippen LogP contribution is 2.28. The zero-order valence-corrected chi connectivity index (χ0v) is 12.6. The minimum absolute atomic E-state index is 0.0737. The van der Waals surface area contributed by atoms with Crippen LogP contribution in [0.1, 0.15) is 15.9 Å². The number of benzene rings is 2. The van der Waals surface area contributed by atoms with E-state index in [1.807, 2.05) is 0 Å². The lowest BCUT2D eigenvalue weighted by Gasteiger charge is -2.07. The summed E-state index contributed by atoms with van der Waals surface area (Å²) in [4.78, 5) is 12.1. The molecule has 104 valence electrons. The molecule has 0 aliphatic rings. The Labute approximate surface area is 130 Å². The van der Waals surface area contributed by atoms with Gasteiger partial charge in [-0.3, -0.25) is 4.79 Å². The lowest BCUT2D eigenvalue weighted by atomic mass is 10.0. The Hall–Kier alpha value is -1.04. The third-order valence-corrected chi connectivity index (χ3v) is 4.00. The van der Waals surface area contributed by atoms with Crippen LogP contribution in [0.25, 0.3) is 0 Å². The van der Waals surface area contributed by atoms with Gasteiger partial charge in [0.2, 0.25) is 0 Å². The van der Waals surface area contributed by atoms with Crippen LogP contribution in [0.5, 0.6) is 0 Å². The van der Waals surface area contributed by atoms with Gasteiger partial charge in [0.15, 0.2) is 5.78 Å². The first kappa shape index (κ1) is 15.4. The van der Waals surface area contributed by atoms with E-state index in [1.165, 1.54) is 0 Å². The van der Waals surface area contributed by atoms with Crippen molar-refractivity contribution >= 4 is 44.9 Å². The molecule has 2 rings (SSSR count).